The van der Waals surface area contributed by atoms with Crippen LogP contribution in [0.3, 0.4) is 0 Å². The highest BCUT2D eigenvalue weighted by Crippen LogP contribution is 2.33. The van der Waals surface area contributed by atoms with E-state index >= 15 is 0 Å². The molecular weight excluding hydrogens is 300 g/mol. The zero-order valence-electron chi connectivity index (χ0n) is 13.5. The first-order valence-electron chi connectivity index (χ1n) is 8.03. The van der Waals surface area contributed by atoms with E-state index in [4.69, 9.17) is 10.2 Å². The van der Waals surface area contributed by atoms with E-state index in [1.807, 2.05) is 18.2 Å². The third kappa shape index (κ3) is 2.19. The molecule has 0 aliphatic carbocycles. The third-order valence-electron chi connectivity index (χ3n) is 4.55. The van der Waals surface area contributed by atoms with E-state index in [9.17, 15) is 4.79 Å². The van der Waals surface area contributed by atoms with Crippen LogP contribution in [0.1, 0.15) is 28.4 Å². The fourth-order valence-electron chi connectivity index (χ4n) is 3.35. The Morgan fingerprint density at radius 2 is 2.00 bits per heavy atom. The highest BCUT2D eigenvalue weighted by Gasteiger charge is 2.16. The summed E-state index contributed by atoms with van der Waals surface area (Å²) in [7, 11) is 0. The molecule has 2 heterocycles. The van der Waals surface area contributed by atoms with Crippen molar-refractivity contribution in [2.75, 3.05) is 0 Å². The number of benzene rings is 2. The van der Waals surface area contributed by atoms with Crippen LogP contribution in [0, 0.1) is 0 Å². The van der Waals surface area contributed by atoms with Gasteiger partial charge in [-0.2, -0.15) is 0 Å². The predicted octanol–water partition coefficient (Wildman–Crippen LogP) is 4.10. The van der Waals surface area contributed by atoms with Gasteiger partial charge in [-0.1, -0.05) is 25.1 Å². The predicted molar refractivity (Wildman–Crippen MR) is 95.1 cm³/mol. The summed E-state index contributed by atoms with van der Waals surface area (Å²) in [6.07, 6.45) is 4.39. The molecule has 2 aromatic heterocycles. The molecule has 2 aromatic carbocycles. The SMILES string of the molecule is CCc1ccc2c3c(C(N)=O)cccc3n(Cc3ccoc3)c2c1. The van der Waals surface area contributed by atoms with Gasteiger partial charge < -0.3 is 14.7 Å². The molecule has 4 nitrogen and oxygen atoms in total. The van der Waals surface area contributed by atoms with Gasteiger partial charge in [0.05, 0.1) is 24.6 Å². The third-order valence-corrected chi connectivity index (χ3v) is 4.55. The van der Waals surface area contributed by atoms with E-state index in [0.717, 1.165) is 33.8 Å². The number of hydrogen-bond donors (Lipinski definition) is 1. The zero-order chi connectivity index (χ0) is 16.7. The molecule has 4 aromatic rings. The number of nitrogens with two attached hydrogens (primary N) is 1. The zero-order valence-corrected chi connectivity index (χ0v) is 13.5. The second kappa shape index (κ2) is 5.57. The Balaban J connectivity index is 2.09. The number of hydrogen-bond acceptors (Lipinski definition) is 2. The molecule has 1 amide bonds. The number of carbonyl (C=O) groups excluding carboxylic acids is 1. The molecular formula is C20H18N2O2. The van der Waals surface area contributed by atoms with Gasteiger partial charge in [-0.15, -0.1) is 0 Å². The molecule has 4 rings (SSSR count). The maximum atomic E-state index is 11.9. The molecule has 2 N–H and O–H groups in total. The molecule has 4 heteroatoms. The topological polar surface area (TPSA) is 61.2 Å². The summed E-state index contributed by atoms with van der Waals surface area (Å²) >= 11 is 0. The molecule has 0 radical (unpaired) electrons. The van der Waals surface area contributed by atoms with Crippen molar-refractivity contribution in [1.82, 2.24) is 4.57 Å². The highest BCUT2D eigenvalue weighted by molar-refractivity contribution is 6.17. The molecule has 0 unspecified atom stereocenters. The number of carbonyl (C=O) groups is 1. The second-order valence-electron chi connectivity index (χ2n) is 5.99. The Labute approximate surface area is 139 Å². The average molecular weight is 318 g/mol. The van der Waals surface area contributed by atoms with E-state index < -0.39 is 5.91 Å². The van der Waals surface area contributed by atoms with Gasteiger partial charge in [0, 0.05) is 27.4 Å². The van der Waals surface area contributed by atoms with Crippen LogP contribution in [0.2, 0.25) is 0 Å². The number of aryl methyl sites for hydroxylation is 1. The van der Waals surface area contributed by atoms with Crippen LogP contribution >= 0.6 is 0 Å². The normalized spacial score (nSPS) is 11.4. The fourth-order valence-corrected chi connectivity index (χ4v) is 3.35. The molecule has 0 saturated heterocycles. The number of furan rings is 1. The minimum Gasteiger partial charge on any atom is -0.472 e. The van der Waals surface area contributed by atoms with Crippen molar-refractivity contribution in [3.8, 4) is 0 Å². The Bertz CT molecular complexity index is 1040. The maximum Gasteiger partial charge on any atom is 0.249 e. The number of fused-ring (bicyclic) bond motifs is 3. The number of rotatable bonds is 4. The lowest BCUT2D eigenvalue weighted by molar-refractivity contribution is 0.100. The van der Waals surface area contributed by atoms with Gasteiger partial charge in [-0.3, -0.25) is 4.79 Å². The Morgan fingerprint density at radius 1 is 1.12 bits per heavy atom. The average Bonchev–Trinajstić information content (AvgIpc) is 3.21. The monoisotopic (exact) mass is 318 g/mol. The van der Waals surface area contributed by atoms with Crippen molar-refractivity contribution in [1.29, 1.82) is 0 Å². The van der Waals surface area contributed by atoms with Gasteiger partial charge in [0.15, 0.2) is 0 Å². The summed E-state index contributed by atoms with van der Waals surface area (Å²) in [5.41, 5.74) is 10.6. The molecule has 0 aliphatic rings. The first-order chi connectivity index (χ1) is 11.7. The molecule has 0 spiro atoms. The molecule has 0 bridgehead atoms. The van der Waals surface area contributed by atoms with Crippen LogP contribution in [-0.2, 0) is 13.0 Å². The Kier molecular flexibility index (Phi) is 3.38. The minimum absolute atomic E-state index is 0.400. The van der Waals surface area contributed by atoms with Gasteiger partial charge in [0.2, 0.25) is 5.91 Å². The minimum atomic E-state index is -0.400. The van der Waals surface area contributed by atoms with Crippen molar-refractivity contribution in [2.24, 2.45) is 5.73 Å². The summed E-state index contributed by atoms with van der Waals surface area (Å²) < 4.78 is 7.43. The molecule has 24 heavy (non-hydrogen) atoms. The Morgan fingerprint density at radius 3 is 2.71 bits per heavy atom. The summed E-state index contributed by atoms with van der Waals surface area (Å²) in [5, 5.41) is 1.98. The van der Waals surface area contributed by atoms with Crippen molar-refractivity contribution in [3.63, 3.8) is 0 Å². The van der Waals surface area contributed by atoms with Crippen LogP contribution in [0.25, 0.3) is 21.8 Å². The highest BCUT2D eigenvalue weighted by atomic mass is 16.3. The first-order valence-corrected chi connectivity index (χ1v) is 8.03. The number of amides is 1. The van der Waals surface area contributed by atoms with Crippen molar-refractivity contribution in [3.05, 3.63) is 71.7 Å². The largest absolute Gasteiger partial charge is 0.472 e. The van der Waals surface area contributed by atoms with Crippen LogP contribution in [0.15, 0.2) is 59.4 Å². The lowest BCUT2D eigenvalue weighted by atomic mass is 10.0. The van der Waals surface area contributed by atoms with E-state index in [2.05, 4.69) is 29.7 Å². The van der Waals surface area contributed by atoms with Crippen molar-refractivity contribution in [2.45, 2.75) is 19.9 Å². The van der Waals surface area contributed by atoms with Crippen LogP contribution < -0.4 is 5.73 Å². The van der Waals surface area contributed by atoms with Gasteiger partial charge in [-0.05, 0) is 36.2 Å². The summed E-state index contributed by atoms with van der Waals surface area (Å²) in [6.45, 7) is 2.82. The van der Waals surface area contributed by atoms with Crippen molar-refractivity contribution < 1.29 is 9.21 Å². The van der Waals surface area contributed by atoms with Gasteiger partial charge >= 0.3 is 0 Å². The Hall–Kier alpha value is -3.01. The maximum absolute atomic E-state index is 11.9. The van der Waals surface area contributed by atoms with Crippen LogP contribution in [0.4, 0.5) is 0 Å². The van der Waals surface area contributed by atoms with E-state index in [0.29, 0.717) is 12.1 Å². The summed E-state index contributed by atoms with van der Waals surface area (Å²) in [4.78, 5) is 11.9. The molecule has 0 atom stereocenters. The number of nitrogens with zero attached hydrogens (tertiary/aromatic N) is 1. The van der Waals surface area contributed by atoms with E-state index in [1.165, 1.54) is 5.56 Å². The van der Waals surface area contributed by atoms with E-state index in [1.54, 1.807) is 18.6 Å². The quantitative estimate of drug-likeness (QED) is 0.616. The number of primary amides is 1. The summed E-state index contributed by atoms with van der Waals surface area (Å²) in [5.74, 6) is -0.400. The summed E-state index contributed by atoms with van der Waals surface area (Å²) in [6, 6.07) is 14.1. The van der Waals surface area contributed by atoms with E-state index in [-0.39, 0.29) is 0 Å². The molecule has 0 aliphatic heterocycles. The molecule has 0 saturated carbocycles. The standard InChI is InChI=1S/C20H18N2O2/c1-2-13-6-7-15-18(10-13)22(11-14-8-9-24-12-14)17-5-3-4-16(19(15)17)20(21)23/h3-10,12H,2,11H2,1H3,(H2,21,23). The van der Waals surface area contributed by atoms with Gasteiger partial charge in [0.25, 0.3) is 0 Å². The van der Waals surface area contributed by atoms with Crippen molar-refractivity contribution >= 4 is 27.7 Å². The van der Waals surface area contributed by atoms with Gasteiger partial charge in [0.1, 0.15) is 0 Å². The molecule has 0 fully saturated rings. The smallest absolute Gasteiger partial charge is 0.249 e. The number of aromatic nitrogens is 1. The lowest BCUT2D eigenvalue weighted by Crippen LogP contribution is -2.11. The van der Waals surface area contributed by atoms with Crippen LogP contribution in [0.5, 0.6) is 0 Å². The lowest BCUT2D eigenvalue weighted by Gasteiger charge is -2.07. The second-order valence-corrected chi connectivity index (χ2v) is 5.99. The van der Waals surface area contributed by atoms with Crippen LogP contribution in [-0.4, -0.2) is 10.5 Å². The molecule has 120 valence electrons. The van der Waals surface area contributed by atoms with Gasteiger partial charge in [-0.25, -0.2) is 0 Å². The fraction of sp³-hybridized carbons (Fsp3) is 0.150. The first kappa shape index (κ1) is 14.6.